The van der Waals surface area contributed by atoms with Crippen LogP contribution in [0.1, 0.15) is 45.7 Å². The van der Waals surface area contributed by atoms with Gasteiger partial charge in [0.25, 0.3) is 0 Å². The number of nitrogens with one attached hydrogen (secondary N) is 3. The van der Waals surface area contributed by atoms with Crippen LogP contribution in [0.15, 0.2) is 17.5 Å². The molecule has 3 aromatic rings. The molecule has 0 aliphatic carbocycles. The smallest absolute Gasteiger partial charge is 0.410 e. The van der Waals surface area contributed by atoms with Crippen molar-refractivity contribution in [2.24, 2.45) is 0 Å². The Hall–Kier alpha value is -2.88. The van der Waals surface area contributed by atoms with E-state index < -0.39 is 5.60 Å². The molecule has 31 heavy (non-hydrogen) atoms. The molecule has 0 spiro atoms. The van der Waals surface area contributed by atoms with Crippen LogP contribution in [0.25, 0.3) is 10.2 Å². The van der Waals surface area contributed by atoms with Gasteiger partial charge in [0.1, 0.15) is 5.60 Å². The van der Waals surface area contributed by atoms with E-state index in [-0.39, 0.29) is 24.2 Å². The zero-order chi connectivity index (χ0) is 21.8. The number of ether oxygens (including phenoxy) is 1. The van der Waals surface area contributed by atoms with E-state index in [0.717, 1.165) is 41.0 Å². The molecule has 1 amide bonds. The van der Waals surface area contributed by atoms with Gasteiger partial charge in [0.2, 0.25) is 5.95 Å². The van der Waals surface area contributed by atoms with Crippen LogP contribution >= 0.6 is 11.3 Å². The predicted octanol–water partition coefficient (Wildman–Crippen LogP) is 4.42. The number of nitrogens with zero attached hydrogens (tertiary/aromatic N) is 4. The Morgan fingerprint density at radius 3 is 2.90 bits per heavy atom. The molecule has 3 atom stereocenters. The zero-order valence-corrected chi connectivity index (χ0v) is 18.9. The highest BCUT2D eigenvalue weighted by Gasteiger charge is 2.50. The normalized spacial score (nSPS) is 22.8. The molecule has 5 rings (SSSR count). The number of hydrogen-bond acceptors (Lipinski definition) is 8. The van der Waals surface area contributed by atoms with E-state index >= 15 is 0 Å². The van der Waals surface area contributed by atoms with Crippen LogP contribution in [0.2, 0.25) is 0 Å². The standard InChI is InChI=1S/C21H27N7O2S/c1-11-9-16(27-26-11)24-18-17-13(7-8-31-17)22-19(25-18)23-14-10-12-5-6-15(14)28(12)20(29)30-21(2,3)4/h7-9,12,14-15H,5-6,10H2,1-4H3,(H3,22,23,24,25,26,27)/t12-,14+,15-/m0/s1. The number of thiophene rings is 1. The van der Waals surface area contributed by atoms with E-state index in [1.54, 1.807) is 11.3 Å². The van der Waals surface area contributed by atoms with Crippen LogP contribution in [0.3, 0.4) is 0 Å². The highest BCUT2D eigenvalue weighted by molar-refractivity contribution is 7.17. The summed E-state index contributed by atoms with van der Waals surface area (Å²) in [7, 11) is 0. The molecule has 2 bridgehead atoms. The zero-order valence-electron chi connectivity index (χ0n) is 18.1. The Balaban J connectivity index is 1.37. The summed E-state index contributed by atoms with van der Waals surface area (Å²) in [5.41, 5.74) is 1.35. The number of rotatable bonds is 4. The summed E-state index contributed by atoms with van der Waals surface area (Å²) in [6.45, 7) is 7.66. The van der Waals surface area contributed by atoms with E-state index in [4.69, 9.17) is 14.7 Å². The van der Waals surface area contributed by atoms with Gasteiger partial charge in [0.05, 0.1) is 22.3 Å². The summed E-state index contributed by atoms with van der Waals surface area (Å²) in [5.74, 6) is 2.00. The molecule has 10 heteroatoms. The van der Waals surface area contributed by atoms with Gasteiger partial charge in [-0.2, -0.15) is 10.1 Å². The summed E-state index contributed by atoms with van der Waals surface area (Å²) < 4.78 is 6.63. The Morgan fingerprint density at radius 2 is 2.16 bits per heavy atom. The molecule has 2 fully saturated rings. The summed E-state index contributed by atoms with van der Waals surface area (Å²) in [6, 6.07) is 4.31. The van der Waals surface area contributed by atoms with Crippen LogP contribution in [0, 0.1) is 6.92 Å². The number of fused-ring (bicyclic) bond motifs is 3. The van der Waals surface area contributed by atoms with Gasteiger partial charge >= 0.3 is 6.09 Å². The largest absolute Gasteiger partial charge is 0.444 e. The first-order valence-corrected chi connectivity index (χ1v) is 11.5. The lowest BCUT2D eigenvalue weighted by Crippen LogP contribution is -2.42. The second-order valence-electron chi connectivity index (χ2n) is 9.26. The van der Waals surface area contributed by atoms with Crippen molar-refractivity contribution in [2.75, 3.05) is 10.6 Å². The number of aromatic nitrogens is 4. The molecule has 2 aliphatic rings. The number of H-pyrrole nitrogens is 1. The number of carbonyl (C=O) groups is 1. The van der Waals surface area contributed by atoms with Crippen LogP contribution < -0.4 is 10.6 Å². The van der Waals surface area contributed by atoms with Crippen LogP contribution in [0.5, 0.6) is 0 Å². The first-order chi connectivity index (χ1) is 14.8. The molecule has 164 valence electrons. The third-order valence-corrected chi connectivity index (χ3v) is 6.62. The number of anilines is 3. The fourth-order valence-corrected chi connectivity index (χ4v) is 5.30. The van der Waals surface area contributed by atoms with Gasteiger partial charge in [-0.25, -0.2) is 9.78 Å². The van der Waals surface area contributed by atoms with Crippen molar-refractivity contribution in [2.45, 2.75) is 70.7 Å². The average Bonchev–Trinajstić information content (AvgIpc) is 3.44. The molecular weight excluding hydrogens is 414 g/mol. The third-order valence-electron chi connectivity index (χ3n) is 5.71. The minimum absolute atomic E-state index is 0.0898. The minimum atomic E-state index is -0.500. The molecule has 0 radical (unpaired) electrons. The Kier molecular flexibility index (Phi) is 4.76. The Morgan fingerprint density at radius 1 is 1.32 bits per heavy atom. The van der Waals surface area contributed by atoms with Crippen molar-refractivity contribution in [1.82, 2.24) is 25.1 Å². The van der Waals surface area contributed by atoms with Crippen LogP contribution in [0.4, 0.5) is 22.4 Å². The van der Waals surface area contributed by atoms with E-state index in [1.807, 2.05) is 50.1 Å². The minimum Gasteiger partial charge on any atom is -0.444 e. The predicted molar refractivity (Wildman–Crippen MR) is 121 cm³/mol. The Labute approximate surface area is 184 Å². The number of aryl methyl sites for hydroxylation is 1. The molecule has 3 aromatic heterocycles. The van der Waals surface area contributed by atoms with Crippen LogP contribution in [-0.2, 0) is 4.74 Å². The van der Waals surface area contributed by atoms with Gasteiger partial charge < -0.3 is 20.3 Å². The summed E-state index contributed by atoms with van der Waals surface area (Å²) in [5, 5.41) is 16.0. The molecule has 2 aliphatic heterocycles. The third kappa shape index (κ3) is 3.91. The van der Waals surface area contributed by atoms with Crippen molar-refractivity contribution in [3.63, 3.8) is 0 Å². The van der Waals surface area contributed by atoms with E-state index in [0.29, 0.717) is 11.8 Å². The van der Waals surface area contributed by atoms with E-state index in [9.17, 15) is 4.79 Å². The monoisotopic (exact) mass is 441 g/mol. The summed E-state index contributed by atoms with van der Waals surface area (Å²) >= 11 is 1.59. The van der Waals surface area contributed by atoms with Crippen molar-refractivity contribution >= 4 is 45.2 Å². The Bertz CT molecular complexity index is 1120. The average molecular weight is 442 g/mol. The molecule has 9 nitrogen and oxygen atoms in total. The van der Waals surface area contributed by atoms with Crippen molar-refractivity contribution in [3.8, 4) is 0 Å². The van der Waals surface area contributed by atoms with Crippen molar-refractivity contribution < 1.29 is 9.53 Å². The lowest BCUT2D eigenvalue weighted by atomic mass is 9.96. The topological polar surface area (TPSA) is 108 Å². The SMILES string of the molecule is Cc1cc(Nc2nc(N[C@@H]3C[C@@H]4CC[C@@H]3N4C(=O)OC(C)(C)C)nc3ccsc23)n[nH]1. The maximum Gasteiger partial charge on any atom is 0.410 e. The van der Waals surface area contributed by atoms with Crippen molar-refractivity contribution in [1.29, 1.82) is 0 Å². The number of aromatic amines is 1. The second-order valence-corrected chi connectivity index (χ2v) is 10.2. The molecule has 5 heterocycles. The van der Waals surface area contributed by atoms with Gasteiger partial charge in [-0.3, -0.25) is 5.10 Å². The molecule has 0 aromatic carbocycles. The van der Waals surface area contributed by atoms with Gasteiger partial charge in [-0.1, -0.05) is 0 Å². The van der Waals surface area contributed by atoms with E-state index in [1.165, 1.54) is 0 Å². The summed E-state index contributed by atoms with van der Waals surface area (Å²) in [6.07, 6.45) is 2.61. The highest BCUT2D eigenvalue weighted by atomic mass is 32.1. The first kappa shape index (κ1) is 20.0. The molecule has 2 saturated heterocycles. The van der Waals surface area contributed by atoms with Crippen LogP contribution in [-0.4, -0.2) is 54.9 Å². The number of hydrogen-bond donors (Lipinski definition) is 3. The van der Waals surface area contributed by atoms with Gasteiger partial charge in [0, 0.05) is 17.8 Å². The van der Waals surface area contributed by atoms with Gasteiger partial charge in [0.15, 0.2) is 11.6 Å². The highest BCUT2D eigenvalue weighted by Crippen LogP contribution is 2.40. The fourth-order valence-electron chi connectivity index (χ4n) is 4.52. The lowest BCUT2D eigenvalue weighted by molar-refractivity contribution is 0.0214. The maximum atomic E-state index is 12.7. The first-order valence-electron chi connectivity index (χ1n) is 10.6. The lowest BCUT2D eigenvalue weighted by Gasteiger charge is -2.28. The molecule has 0 saturated carbocycles. The second kappa shape index (κ2) is 7.37. The maximum absolute atomic E-state index is 12.7. The molecule has 0 unspecified atom stereocenters. The quantitative estimate of drug-likeness (QED) is 0.550. The molecular formula is C21H27N7O2S. The number of carbonyl (C=O) groups excluding carboxylic acids is 1. The van der Waals surface area contributed by atoms with Gasteiger partial charge in [-0.15, -0.1) is 11.3 Å². The van der Waals surface area contributed by atoms with Gasteiger partial charge in [-0.05, 0) is 58.4 Å². The van der Waals surface area contributed by atoms with E-state index in [2.05, 4.69) is 20.8 Å². The molecule has 3 N–H and O–H groups in total. The fraction of sp³-hybridized carbons (Fsp3) is 0.524. The van der Waals surface area contributed by atoms with Crippen molar-refractivity contribution in [3.05, 3.63) is 23.2 Å². The number of amides is 1. The summed E-state index contributed by atoms with van der Waals surface area (Å²) in [4.78, 5) is 24.1.